The number of amides is 2. The minimum Gasteiger partial charge on any atom is -0.334 e. The van der Waals surface area contributed by atoms with E-state index in [2.05, 4.69) is 17.4 Å². The molecule has 1 aliphatic heterocycles. The van der Waals surface area contributed by atoms with Crippen LogP contribution in [0.2, 0.25) is 0 Å². The van der Waals surface area contributed by atoms with Gasteiger partial charge in [0.25, 0.3) is 0 Å². The van der Waals surface area contributed by atoms with Gasteiger partial charge < -0.3 is 10.2 Å². The third-order valence-corrected chi connectivity index (χ3v) is 6.45. The summed E-state index contributed by atoms with van der Waals surface area (Å²) < 4.78 is 23.0. The van der Waals surface area contributed by atoms with Crippen LogP contribution in [0.4, 0.5) is 4.79 Å². The number of carbonyl (C=O) groups excluding carboxylic acids is 1. The van der Waals surface area contributed by atoms with E-state index < -0.39 is 9.84 Å². The van der Waals surface area contributed by atoms with Gasteiger partial charge in [0.2, 0.25) is 0 Å². The Labute approximate surface area is 131 Å². The van der Waals surface area contributed by atoms with Gasteiger partial charge in [-0.05, 0) is 36.8 Å². The van der Waals surface area contributed by atoms with Gasteiger partial charge in [-0.3, -0.25) is 0 Å². The molecule has 1 N–H and O–H groups in total. The molecule has 2 amide bonds. The summed E-state index contributed by atoms with van der Waals surface area (Å²) in [6, 6.07) is 7.89. The highest BCUT2D eigenvalue weighted by Crippen LogP contribution is 2.33. The predicted molar refractivity (Wildman–Crippen MR) is 85.5 cm³/mol. The molecule has 2 aliphatic rings. The number of aryl methyl sites for hydroxylation is 1. The summed E-state index contributed by atoms with van der Waals surface area (Å²) in [7, 11) is -1.18. The molecule has 0 radical (unpaired) electrons. The average Bonchev–Trinajstić information content (AvgIpc) is 2.84. The maximum atomic E-state index is 12.4. The van der Waals surface area contributed by atoms with Crippen molar-refractivity contribution in [3.63, 3.8) is 0 Å². The molecule has 1 fully saturated rings. The molecule has 1 aromatic rings. The van der Waals surface area contributed by atoms with Gasteiger partial charge in [-0.15, -0.1) is 0 Å². The predicted octanol–water partition coefficient (Wildman–Crippen LogP) is 1.89. The van der Waals surface area contributed by atoms with Crippen LogP contribution in [0.15, 0.2) is 24.3 Å². The van der Waals surface area contributed by atoms with Gasteiger partial charge in [-0.2, -0.15) is 0 Å². The van der Waals surface area contributed by atoms with Gasteiger partial charge in [0.15, 0.2) is 9.84 Å². The molecule has 0 spiro atoms. The van der Waals surface area contributed by atoms with Crippen LogP contribution < -0.4 is 5.32 Å². The van der Waals surface area contributed by atoms with Crippen molar-refractivity contribution in [2.75, 3.05) is 18.6 Å². The zero-order chi connectivity index (χ0) is 15.7. The molecule has 1 saturated heterocycles. The van der Waals surface area contributed by atoms with Crippen LogP contribution in [-0.2, 0) is 16.3 Å². The number of rotatable bonds is 2. The monoisotopic (exact) mass is 322 g/mol. The normalized spacial score (nSPS) is 26.2. The van der Waals surface area contributed by atoms with Gasteiger partial charge in [0, 0.05) is 13.1 Å². The minimum atomic E-state index is -2.97. The molecule has 120 valence electrons. The summed E-state index contributed by atoms with van der Waals surface area (Å²) in [5.41, 5.74) is 2.52. The number of nitrogens with zero attached hydrogens (tertiary/aromatic N) is 1. The van der Waals surface area contributed by atoms with Crippen LogP contribution in [0.1, 0.15) is 36.4 Å². The Morgan fingerprint density at radius 2 is 2.05 bits per heavy atom. The lowest BCUT2D eigenvalue weighted by Crippen LogP contribution is -2.45. The first-order valence-electron chi connectivity index (χ1n) is 7.78. The van der Waals surface area contributed by atoms with Crippen molar-refractivity contribution in [2.24, 2.45) is 0 Å². The fourth-order valence-electron chi connectivity index (χ4n) is 3.46. The Bertz CT molecular complexity index is 672. The maximum absolute atomic E-state index is 12.4. The second kappa shape index (κ2) is 5.91. The molecule has 3 rings (SSSR count). The van der Waals surface area contributed by atoms with Crippen molar-refractivity contribution in [2.45, 2.75) is 37.8 Å². The van der Waals surface area contributed by atoms with Gasteiger partial charge in [0.05, 0.1) is 17.5 Å². The fourth-order valence-corrected chi connectivity index (χ4v) is 5.13. The molecule has 6 heteroatoms. The van der Waals surface area contributed by atoms with Gasteiger partial charge >= 0.3 is 6.03 Å². The van der Waals surface area contributed by atoms with Crippen molar-refractivity contribution >= 4 is 15.9 Å². The van der Waals surface area contributed by atoms with Crippen molar-refractivity contribution in [1.29, 1.82) is 0 Å². The van der Waals surface area contributed by atoms with E-state index in [0.29, 0.717) is 6.42 Å². The van der Waals surface area contributed by atoms with Crippen molar-refractivity contribution in [1.82, 2.24) is 10.2 Å². The van der Waals surface area contributed by atoms with E-state index in [9.17, 15) is 13.2 Å². The van der Waals surface area contributed by atoms with E-state index in [4.69, 9.17) is 0 Å². The van der Waals surface area contributed by atoms with Crippen LogP contribution in [0.5, 0.6) is 0 Å². The molecule has 0 unspecified atom stereocenters. The molecule has 0 aromatic heterocycles. The molecule has 1 aliphatic carbocycles. The Morgan fingerprint density at radius 1 is 1.27 bits per heavy atom. The average molecular weight is 322 g/mol. The molecule has 0 saturated carbocycles. The molecule has 0 bridgehead atoms. The molecule has 5 nitrogen and oxygen atoms in total. The second-order valence-corrected chi connectivity index (χ2v) is 8.50. The van der Waals surface area contributed by atoms with Crippen LogP contribution in [0, 0.1) is 0 Å². The highest BCUT2D eigenvalue weighted by molar-refractivity contribution is 7.91. The first-order chi connectivity index (χ1) is 10.5. The van der Waals surface area contributed by atoms with E-state index >= 15 is 0 Å². The number of hydrogen-bond donors (Lipinski definition) is 1. The lowest BCUT2D eigenvalue weighted by Gasteiger charge is -2.34. The summed E-state index contributed by atoms with van der Waals surface area (Å²) in [4.78, 5) is 14.2. The maximum Gasteiger partial charge on any atom is 0.317 e. The molecule has 22 heavy (non-hydrogen) atoms. The molecule has 1 heterocycles. The SMILES string of the molecule is CN(C(=O)N[C@H]1CCS(=O)(=O)C1)[C@@H]1CCCc2ccccc21. The van der Waals surface area contributed by atoms with Gasteiger partial charge in [-0.25, -0.2) is 13.2 Å². The van der Waals surface area contributed by atoms with Crippen LogP contribution in [-0.4, -0.2) is 43.9 Å². The highest BCUT2D eigenvalue weighted by atomic mass is 32.2. The van der Waals surface area contributed by atoms with Crippen molar-refractivity contribution in [3.05, 3.63) is 35.4 Å². The van der Waals surface area contributed by atoms with Crippen molar-refractivity contribution in [3.8, 4) is 0 Å². The van der Waals surface area contributed by atoms with E-state index in [1.165, 1.54) is 11.1 Å². The third kappa shape index (κ3) is 3.11. The standard InChI is InChI=1S/C16H22N2O3S/c1-18(16(19)17-13-9-10-22(20,21)11-13)15-8-4-6-12-5-2-3-7-14(12)15/h2-3,5,7,13,15H,4,6,8-11H2,1H3,(H,17,19)/t13-,15+/m0/s1. The van der Waals surface area contributed by atoms with Gasteiger partial charge in [-0.1, -0.05) is 24.3 Å². The number of fused-ring (bicyclic) bond motifs is 1. The molecular formula is C16H22N2O3S. The summed E-state index contributed by atoms with van der Waals surface area (Å²) in [5.74, 6) is 0.238. The largest absolute Gasteiger partial charge is 0.334 e. The quantitative estimate of drug-likeness (QED) is 0.904. The Balaban J connectivity index is 1.69. The van der Waals surface area contributed by atoms with Crippen LogP contribution in [0.25, 0.3) is 0 Å². The van der Waals surface area contributed by atoms with E-state index in [1.54, 1.807) is 11.9 Å². The smallest absolute Gasteiger partial charge is 0.317 e. The number of carbonyl (C=O) groups is 1. The first-order valence-corrected chi connectivity index (χ1v) is 9.60. The molecular weight excluding hydrogens is 300 g/mol. The Kier molecular flexibility index (Phi) is 4.12. The lowest BCUT2D eigenvalue weighted by molar-refractivity contribution is 0.181. The summed E-state index contributed by atoms with van der Waals surface area (Å²) in [6.07, 6.45) is 3.59. The summed E-state index contributed by atoms with van der Waals surface area (Å²) in [6.45, 7) is 0. The Morgan fingerprint density at radius 3 is 2.77 bits per heavy atom. The number of urea groups is 1. The van der Waals surface area contributed by atoms with E-state index in [1.807, 2.05) is 12.1 Å². The number of sulfone groups is 1. The number of hydrogen-bond acceptors (Lipinski definition) is 3. The molecule has 2 atom stereocenters. The topological polar surface area (TPSA) is 66.5 Å². The minimum absolute atomic E-state index is 0.0633. The number of benzene rings is 1. The zero-order valence-corrected chi connectivity index (χ0v) is 13.6. The van der Waals surface area contributed by atoms with E-state index in [0.717, 1.165) is 19.3 Å². The summed E-state index contributed by atoms with van der Waals surface area (Å²) in [5, 5.41) is 2.87. The van der Waals surface area contributed by atoms with Crippen molar-refractivity contribution < 1.29 is 13.2 Å². The highest BCUT2D eigenvalue weighted by Gasteiger charge is 2.32. The first kappa shape index (κ1) is 15.3. The van der Waals surface area contributed by atoms with E-state index in [-0.39, 0.29) is 29.6 Å². The third-order valence-electron chi connectivity index (χ3n) is 4.69. The zero-order valence-electron chi connectivity index (χ0n) is 12.8. The molecule has 1 aromatic carbocycles. The summed E-state index contributed by atoms with van der Waals surface area (Å²) >= 11 is 0. The lowest BCUT2D eigenvalue weighted by atomic mass is 9.87. The van der Waals surface area contributed by atoms with Crippen LogP contribution in [0.3, 0.4) is 0 Å². The van der Waals surface area contributed by atoms with Crippen LogP contribution >= 0.6 is 0 Å². The second-order valence-electron chi connectivity index (χ2n) is 6.27. The number of nitrogens with one attached hydrogen (secondary N) is 1. The fraction of sp³-hybridized carbons (Fsp3) is 0.562. The van der Waals surface area contributed by atoms with Gasteiger partial charge in [0.1, 0.15) is 0 Å². The Hall–Kier alpha value is -1.56.